The SMILES string of the molecule is Cc1cc(C)cc(/C=C/[C@@H]2OC[C@@H](O)[C@H]2Oc2ccc(C3CCCC3)cc2)c1. The molecule has 1 saturated heterocycles. The van der Waals surface area contributed by atoms with Crippen LogP contribution in [-0.2, 0) is 4.74 Å². The van der Waals surface area contributed by atoms with Gasteiger partial charge in [0.05, 0.1) is 6.61 Å². The molecule has 0 radical (unpaired) electrons. The van der Waals surface area contributed by atoms with E-state index < -0.39 is 6.10 Å². The summed E-state index contributed by atoms with van der Waals surface area (Å²) in [4.78, 5) is 0. The van der Waals surface area contributed by atoms with Crippen molar-refractivity contribution in [2.45, 2.75) is 63.8 Å². The number of hydrogen-bond acceptors (Lipinski definition) is 3. The molecule has 2 fully saturated rings. The number of rotatable bonds is 5. The third-order valence-corrected chi connectivity index (χ3v) is 5.86. The predicted octanol–water partition coefficient (Wildman–Crippen LogP) is 5.18. The average Bonchev–Trinajstić information content (AvgIpc) is 3.31. The summed E-state index contributed by atoms with van der Waals surface area (Å²) < 4.78 is 11.9. The van der Waals surface area contributed by atoms with Crippen molar-refractivity contribution < 1.29 is 14.6 Å². The molecule has 28 heavy (non-hydrogen) atoms. The molecule has 1 N–H and O–H groups in total. The largest absolute Gasteiger partial charge is 0.485 e. The maximum Gasteiger partial charge on any atom is 0.156 e. The molecular formula is C25H30O3. The highest BCUT2D eigenvalue weighted by Gasteiger charge is 2.36. The summed E-state index contributed by atoms with van der Waals surface area (Å²) >= 11 is 0. The third-order valence-electron chi connectivity index (χ3n) is 5.86. The van der Waals surface area contributed by atoms with Crippen LogP contribution >= 0.6 is 0 Å². The zero-order valence-corrected chi connectivity index (χ0v) is 16.8. The van der Waals surface area contributed by atoms with E-state index in [2.05, 4.69) is 50.3 Å². The Kier molecular flexibility index (Phi) is 5.84. The van der Waals surface area contributed by atoms with Crippen molar-refractivity contribution >= 4 is 6.08 Å². The number of aryl methyl sites for hydroxylation is 2. The minimum Gasteiger partial charge on any atom is -0.485 e. The molecule has 0 aromatic heterocycles. The van der Waals surface area contributed by atoms with Gasteiger partial charge in [-0.1, -0.05) is 66.5 Å². The maximum atomic E-state index is 10.3. The summed E-state index contributed by atoms with van der Waals surface area (Å²) in [5.41, 5.74) is 5.02. The predicted molar refractivity (Wildman–Crippen MR) is 113 cm³/mol. The molecule has 0 spiro atoms. The first-order chi connectivity index (χ1) is 13.6. The molecule has 0 bridgehead atoms. The van der Waals surface area contributed by atoms with Gasteiger partial charge in [0.1, 0.15) is 18.0 Å². The number of hydrogen-bond donors (Lipinski definition) is 1. The molecule has 4 rings (SSSR count). The topological polar surface area (TPSA) is 38.7 Å². The van der Waals surface area contributed by atoms with Gasteiger partial charge < -0.3 is 14.6 Å². The fourth-order valence-corrected chi connectivity index (χ4v) is 4.48. The van der Waals surface area contributed by atoms with E-state index in [-0.39, 0.29) is 12.2 Å². The van der Waals surface area contributed by atoms with E-state index >= 15 is 0 Å². The fourth-order valence-electron chi connectivity index (χ4n) is 4.48. The molecule has 2 aliphatic rings. The van der Waals surface area contributed by atoms with Crippen LogP contribution < -0.4 is 4.74 Å². The highest BCUT2D eigenvalue weighted by atomic mass is 16.6. The van der Waals surface area contributed by atoms with Gasteiger partial charge in [0.15, 0.2) is 6.10 Å². The standard InChI is InChI=1S/C25H30O3/c1-17-13-18(2)15-19(14-17)7-12-24-25(23(26)16-27-24)28-22-10-8-21(9-11-22)20-5-3-4-6-20/h7-15,20,23-26H,3-6,16H2,1-2H3/b12-7+/t23-,24+,25-/m1/s1. The Bertz CT molecular complexity index is 798. The Morgan fingerprint density at radius 1 is 1.00 bits per heavy atom. The monoisotopic (exact) mass is 378 g/mol. The molecular weight excluding hydrogens is 348 g/mol. The van der Waals surface area contributed by atoms with Gasteiger partial charge in [-0.05, 0) is 55.9 Å². The lowest BCUT2D eigenvalue weighted by Crippen LogP contribution is -2.34. The van der Waals surface area contributed by atoms with Crippen molar-refractivity contribution in [2.24, 2.45) is 0 Å². The molecule has 2 aromatic rings. The van der Waals surface area contributed by atoms with Gasteiger partial charge in [-0.15, -0.1) is 0 Å². The number of benzene rings is 2. The van der Waals surface area contributed by atoms with E-state index in [1.807, 2.05) is 18.2 Å². The molecule has 3 atom stereocenters. The highest BCUT2D eigenvalue weighted by Crippen LogP contribution is 2.35. The normalized spacial score (nSPS) is 25.6. The van der Waals surface area contributed by atoms with Gasteiger partial charge in [0, 0.05) is 0 Å². The van der Waals surface area contributed by atoms with Crippen LogP contribution in [0.3, 0.4) is 0 Å². The zero-order valence-electron chi connectivity index (χ0n) is 16.8. The highest BCUT2D eigenvalue weighted by molar-refractivity contribution is 5.52. The Balaban J connectivity index is 1.44. The Morgan fingerprint density at radius 3 is 2.36 bits per heavy atom. The number of ether oxygens (including phenoxy) is 2. The Morgan fingerprint density at radius 2 is 1.68 bits per heavy atom. The van der Waals surface area contributed by atoms with Crippen LogP contribution in [0.25, 0.3) is 6.08 Å². The van der Waals surface area contributed by atoms with Crippen LogP contribution in [0.15, 0.2) is 48.5 Å². The summed E-state index contributed by atoms with van der Waals surface area (Å²) in [5.74, 6) is 1.49. The van der Waals surface area contributed by atoms with Crippen molar-refractivity contribution in [2.75, 3.05) is 6.61 Å². The molecule has 1 aliphatic carbocycles. The first-order valence-corrected chi connectivity index (χ1v) is 10.4. The second kappa shape index (κ2) is 8.50. The summed E-state index contributed by atoms with van der Waals surface area (Å²) in [7, 11) is 0. The lowest BCUT2D eigenvalue weighted by Gasteiger charge is -2.20. The van der Waals surface area contributed by atoms with Gasteiger partial charge in [0.25, 0.3) is 0 Å². The van der Waals surface area contributed by atoms with Crippen molar-refractivity contribution in [3.8, 4) is 5.75 Å². The second-order valence-corrected chi connectivity index (χ2v) is 8.28. The smallest absolute Gasteiger partial charge is 0.156 e. The molecule has 0 unspecified atom stereocenters. The van der Waals surface area contributed by atoms with E-state index in [4.69, 9.17) is 9.47 Å². The van der Waals surface area contributed by atoms with Crippen LogP contribution in [-0.4, -0.2) is 30.0 Å². The summed E-state index contributed by atoms with van der Waals surface area (Å²) in [6, 6.07) is 14.9. The molecule has 148 valence electrons. The molecule has 1 heterocycles. The van der Waals surface area contributed by atoms with Crippen LogP contribution in [0.2, 0.25) is 0 Å². The Labute approximate surface area is 168 Å². The molecule has 3 nitrogen and oxygen atoms in total. The van der Waals surface area contributed by atoms with E-state index in [0.29, 0.717) is 12.5 Å². The molecule has 0 amide bonds. The lowest BCUT2D eigenvalue weighted by atomic mass is 9.98. The second-order valence-electron chi connectivity index (χ2n) is 8.28. The van der Waals surface area contributed by atoms with Crippen molar-refractivity contribution in [1.29, 1.82) is 0 Å². The van der Waals surface area contributed by atoms with E-state index in [9.17, 15) is 5.11 Å². The lowest BCUT2D eigenvalue weighted by molar-refractivity contribution is 0.0612. The molecule has 1 aliphatic heterocycles. The zero-order chi connectivity index (χ0) is 19.5. The quantitative estimate of drug-likeness (QED) is 0.779. The summed E-state index contributed by atoms with van der Waals surface area (Å²) in [6.45, 7) is 4.50. The van der Waals surface area contributed by atoms with E-state index in [1.54, 1.807) is 0 Å². The average molecular weight is 379 g/mol. The minimum atomic E-state index is -0.622. The molecule has 2 aromatic carbocycles. The summed E-state index contributed by atoms with van der Waals surface area (Å²) in [5, 5.41) is 10.3. The number of aliphatic hydroxyl groups is 1. The fraction of sp³-hybridized carbons (Fsp3) is 0.440. The van der Waals surface area contributed by atoms with Crippen LogP contribution in [0, 0.1) is 13.8 Å². The van der Waals surface area contributed by atoms with Gasteiger partial charge in [-0.2, -0.15) is 0 Å². The van der Waals surface area contributed by atoms with Gasteiger partial charge >= 0.3 is 0 Å². The van der Waals surface area contributed by atoms with Crippen LogP contribution in [0.4, 0.5) is 0 Å². The van der Waals surface area contributed by atoms with E-state index in [1.165, 1.54) is 42.4 Å². The Hall–Kier alpha value is -2.10. The van der Waals surface area contributed by atoms with Crippen molar-refractivity contribution in [3.05, 3.63) is 70.8 Å². The number of aliphatic hydroxyl groups excluding tert-OH is 1. The summed E-state index contributed by atoms with van der Waals surface area (Å²) in [6.07, 6.45) is 8.05. The van der Waals surface area contributed by atoms with Crippen LogP contribution in [0.1, 0.15) is 53.9 Å². The van der Waals surface area contributed by atoms with Gasteiger partial charge in [0.2, 0.25) is 0 Å². The molecule has 1 saturated carbocycles. The van der Waals surface area contributed by atoms with Gasteiger partial charge in [-0.25, -0.2) is 0 Å². The van der Waals surface area contributed by atoms with Gasteiger partial charge in [-0.3, -0.25) is 0 Å². The van der Waals surface area contributed by atoms with Crippen molar-refractivity contribution in [1.82, 2.24) is 0 Å². The molecule has 3 heteroatoms. The third kappa shape index (κ3) is 4.48. The van der Waals surface area contributed by atoms with E-state index in [0.717, 1.165) is 11.3 Å². The van der Waals surface area contributed by atoms with Crippen LogP contribution in [0.5, 0.6) is 5.75 Å². The first kappa shape index (κ1) is 19.2. The van der Waals surface area contributed by atoms with Crippen molar-refractivity contribution in [3.63, 3.8) is 0 Å². The minimum absolute atomic E-state index is 0.259. The first-order valence-electron chi connectivity index (χ1n) is 10.4. The maximum absolute atomic E-state index is 10.3.